The summed E-state index contributed by atoms with van der Waals surface area (Å²) in [4.78, 5) is 25.2. The van der Waals surface area contributed by atoms with Crippen LogP contribution in [0.15, 0.2) is 30.3 Å². The summed E-state index contributed by atoms with van der Waals surface area (Å²) in [5, 5.41) is 0. The number of esters is 1. The lowest BCUT2D eigenvalue weighted by molar-refractivity contribution is -0.154. The fourth-order valence-electron chi connectivity index (χ4n) is 2.34. The number of hydrogen-bond donors (Lipinski definition) is 0. The molecular weight excluding hydrogens is 314 g/mol. The first kappa shape index (κ1) is 17.7. The summed E-state index contributed by atoms with van der Waals surface area (Å²) in [5.41, 5.74) is 0.496. The number of thioether (sulfide) groups is 1. The minimum atomic E-state index is -0.993. The van der Waals surface area contributed by atoms with Crippen molar-refractivity contribution < 1.29 is 19.1 Å². The normalized spacial score (nSPS) is 20.6. The first-order valence-corrected chi connectivity index (χ1v) is 8.54. The molecule has 1 aromatic carbocycles. The monoisotopic (exact) mass is 337 g/mol. The van der Waals surface area contributed by atoms with E-state index in [1.54, 1.807) is 0 Å². The van der Waals surface area contributed by atoms with Crippen molar-refractivity contribution in [3.05, 3.63) is 35.9 Å². The molecule has 1 atom stereocenters. The molecule has 126 valence electrons. The lowest BCUT2D eigenvalue weighted by atomic mass is 10.0. The maximum Gasteiger partial charge on any atom is 0.411 e. The van der Waals surface area contributed by atoms with Crippen molar-refractivity contribution in [2.45, 2.75) is 43.4 Å². The summed E-state index contributed by atoms with van der Waals surface area (Å²) >= 11 is 1.41. The van der Waals surface area contributed by atoms with Crippen LogP contribution < -0.4 is 0 Å². The Balaban J connectivity index is 2.13. The van der Waals surface area contributed by atoms with Crippen molar-refractivity contribution in [2.24, 2.45) is 0 Å². The number of rotatable bonds is 4. The Bertz CT molecular complexity index is 570. The lowest BCUT2D eigenvalue weighted by Gasteiger charge is -2.49. The van der Waals surface area contributed by atoms with E-state index in [4.69, 9.17) is 9.47 Å². The predicted octanol–water partition coefficient (Wildman–Crippen LogP) is 3.43. The number of amides is 1. The summed E-state index contributed by atoms with van der Waals surface area (Å²) in [7, 11) is 1.35. The second kappa shape index (κ2) is 6.83. The second-order valence-corrected chi connectivity index (χ2v) is 7.68. The highest BCUT2D eigenvalue weighted by Crippen LogP contribution is 2.44. The zero-order valence-electron chi connectivity index (χ0n) is 14.0. The number of nitrogens with zero attached hydrogens (tertiary/aromatic N) is 1. The third-order valence-electron chi connectivity index (χ3n) is 3.55. The lowest BCUT2D eigenvalue weighted by Crippen LogP contribution is -2.65. The van der Waals surface area contributed by atoms with Gasteiger partial charge in [0.05, 0.1) is 7.11 Å². The summed E-state index contributed by atoms with van der Waals surface area (Å²) in [6.07, 6.45) is 0.0888. The van der Waals surface area contributed by atoms with Gasteiger partial charge in [0.25, 0.3) is 0 Å². The molecule has 2 rings (SSSR count). The molecule has 0 bridgehead atoms. The second-order valence-electron chi connectivity index (χ2n) is 6.43. The van der Waals surface area contributed by atoms with Crippen LogP contribution in [0.3, 0.4) is 0 Å². The van der Waals surface area contributed by atoms with Crippen LogP contribution in [0.1, 0.15) is 32.8 Å². The van der Waals surface area contributed by atoms with Crippen LogP contribution in [-0.4, -0.2) is 41.1 Å². The molecule has 1 heterocycles. The summed E-state index contributed by atoms with van der Waals surface area (Å²) in [6.45, 7) is 5.91. The molecule has 0 radical (unpaired) electrons. The molecule has 0 N–H and O–H groups in total. The van der Waals surface area contributed by atoms with E-state index in [0.717, 1.165) is 5.56 Å². The van der Waals surface area contributed by atoms with Gasteiger partial charge in [0.15, 0.2) is 4.87 Å². The average molecular weight is 337 g/mol. The Morgan fingerprint density at radius 3 is 2.39 bits per heavy atom. The molecule has 1 aromatic rings. The number of ether oxygens (including phenoxy) is 2. The first-order chi connectivity index (χ1) is 10.8. The molecule has 1 unspecified atom stereocenters. The predicted molar refractivity (Wildman–Crippen MR) is 90.0 cm³/mol. The smallest absolute Gasteiger partial charge is 0.411 e. The van der Waals surface area contributed by atoms with E-state index in [-0.39, 0.29) is 0 Å². The number of hydrogen-bond acceptors (Lipinski definition) is 5. The third kappa shape index (κ3) is 3.99. The van der Waals surface area contributed by atoms with Gasteiger partial charge in [-0.25, -0.2) is 9.59 Å². The molecule has 0 spiro atoms. The number of likely N-dealkylation sites (tertiary alicyclic amines) is 1. The van der Waals surface area contributed by atoms with Crippen LogP contribution in [0.2, 0.25) is 0 Å². The fraction of sp³-hybridized carbons (Fsp3) is 0.529. The average Bonchev–Trinajstić information content (AvgIpc) is 2.45. The van der Waals surface area contributed by atoms with Crippen LogP contribution in [-0.2, 0) is 20.0 Å². The van der Waals surface area contributed by atoms with Gasteiger partial charge >= 0.3 is 12.1 Å². The van der Waals surface area contributed by atoms with Gasteiger partial charge in [-0.15, -0.1) is 11.8 Å². The van der Waals surface area contributed by atoms with E-state index in [1.165, 1.54) is 23.8 Å². The molecule has 0 aromatic heterocycles. The third-order valence-corrected chi connectivity index (χ3v) is 5.10. The number of benzene rings is 1. The van der Waals surface area contributed by atoms with E-state index in [0.29, 0.717) is 18.7 Å². The van der Waals surface area contributed by atoms with Gasteiger partial charge < -0.3 is 9.47 Å². The first-order valence-electron chi connectivity index (χ1n) is 7.55. The maximum atomic E-state index is 12.4. The van der Waals surface area contributed by atoms with E-state index >= 15 is 0 Å². The Labute approximate surface area is 141 Å². The van der Waals surface area contributed by atoms with Gasteiger partial charge in [-0.1, -0.05) is 30.3 Å². The molecule has 1 fully saturated rings. The highest BCUT2D eigenvalue weighted by Gasteiger charge is 2.56. The molecule has 0 saturated carbocycles. The van der Waals surface area contributed by atoms with Crippen LogP contribution in [0.4, 0.5) is 4.79 Å². The van der Waals surface area contributed by atoms with Gasteiger partial charge in [-0.05, 0) is 26.3 Å². The summed E-state index contributed by atoms with van der Waals surface area (Å²) in [5.74, 6) is 0.213. The van der Waals surface area contributed by atoms with E-state index in [1.807, 2.05) is 51.1 Å². The molecule has 0 aliphatic carbocycles. The molecule has 1 amide bonds. The molecule has 23 heavy (non-hydrogen) atoms. The maximum absolute atomic E-state index is 12.4. The molecule has 6 heteroatoms. The molecule has 5 nitrogen and oxygen atoms in total. The minimum Gasteiger partial charge on any atom is -0.467 e. The number of methoxy groups -OCH3 is 1. The van der Waals surface area contributed by atoms with Gasteiger partial charge in [0.1, 0.15) is 5.60 Å². The molecule has 1 saturated heterocycles. The standard InChI is InChI=1S/C17H23NO4S/c1-16(2,3)22-15(20)18-11-10-17(18,14(19)21-4)23-12-13-8-6-5-7-9-13/h5-9H,10-12H2,1-4H3. The van der Waals surface area contributed by atoms with Crippen LogP contribution in [0.25, 0.3) is 0 Å². The quantitative estimate of drug-likeness (QED) is 0.788. The van der Waals surface area contributed by atoms with Crippen molar-refractivity contribution in [3.8, 4) is 0 Å². The van der Waals surface area contributed by atoms with E-state index in [2.05, 4.69) is 0 Å². The highest BCUT2D eigenvalue weighted by molar-refractivity contribution is 8.00. The van der Waals surface area contributed by atoms with Crippen LogP contribution >= 0.6 is 11.8 Å². The van der Waals surface area contributed by atoms with Crippen LogP contribution in [0, 0.1) is 0 Å². The van der Waals surface area contributed by atoms with Gasteiger partial charge in [-0.2, -0.15) is 0 Å². The van der Waals surface area contributed by atoms with E-state index in [9.17, 15) is 9.59 Å². The van der Waals surface area contributed by atoms with Gasteiger partial charge in [0, 0.05) is 18.7 Å². The highest BCUT2D eigenvalue weighted by atomic mass is 32.2. The summed E-state index contributed by atoms with van der Waals surface area (Å²) in [6, 6.07) is 9.84. The van der Waals surface area contributed by atoms with Crippen molar-refractivity contribution >= 4 is 23.8 Å². The van der Waals surface area contributed by atoms with Crippen molar-refractivity contribution in [3.63, 3.8) is 0 Å². The molecule has 1 aliphatic rings. The molecular formula is C17H23NO4S. The van der Waals surface area contributed by atoms with Gasteiger partial charge in [-0.3, -0.25) is 4.90 Å². The SMILES string of the molecule is COC(=O)C1(SCc2ccccc2)CCN1C(=O)OC(C)(C)C. The summed E-state index contributed by atoms with van der Waals surface area (Å²) < 4.78 is 10.4. The van der Waals surface area contributed by atoms with Gasteiger partial charge in [0.2, 0.25) is 0 Å². The largest absolute Gasteiger partial charge is 0.467 e. The van der Waals surface area contributed by atoms with Crippen molar-refractivity contribution in [1.82, 2.24) is 4.90 Å². The zero-order chi connectivity index (χ0) is 17.1. The topological polar surface area (TPSA) is 55.8 Å². The number of carbonyl (C=O) groups is 2. The molecule has 1 aliphatic heterocycles. The van der Waals surface area contributed by atoms with E-state index < -0.39 is 22.5 Å². The Morgan fingerprint density at radius 2 is 1.91 bits per heavy atom. The van der Waals surface area contributed by atoms with Crippen molar-refractivity contribution in [2.75, 3.05) is 13.7 Å². The van der Waals surface area contributed by atoms with Crippen molar-refractivity contribution in [1.29, 1.82) is 0 Å². The Kier molecular flexibility index (Phi) is 5.24. The Hall–Kier alpha value is -1.69. The zero-order valence-corrected chi connectivity index (χ0v) is 14.8. The fourth-order valence-corrected chi connectivity index (χ4v) is 3.70. The minimum absolute atomic E-state index is 0.407. The number of carbonyl (C=O) groups excluding carboxylic acids is 2. The van der Waals surface area contributed by atoms with Crippen LogP contribution in [0.5, 0.6) is 0 Å². The Morgan fingerprint density at radius 1 is 1.26 bits per heavy atom.